The van der Waals surface area contributed by atoms with E-state index in [4.69, 9.17) is 0 Å². The molecule has 0 amide bonds. The Morgan fingerprint density at radius 1 is 1.29 bits per heavy atom. The van der Waals surface area contributed by atoms with Gasteiger partial charge in [0.25, 0.3) is 0 Å². The Bertz CT molecular complexity index is 416. The number of fused-ring (bicyclic) bond motifs is 1. The first kappa shape index (κ1) is 9.38. The summed E-state index contributed by atoms with van der Waals surface area (Å²) in [6.07, 6.45) is 1.09. The van der Waals surface area contributed by atoms with E-state index in [1.807, 2.05) is 0 Å². The molecule has 0 aliphatic heterocycles. The smallest absolute Gasteiger partial charge is 0.148 e. The Balaban J connectivity index is 2.68. The van der Waals surface area contributed by atoms with Crippen LogP contribution in [0.15, 0.2) is 18.2 Å². The number of hydrogen-bond acceptors (Lipinski definition) is 0. The molecule has 71 valence electrons. The van der Waals surface area contributed by atoms with Crippen molar-refractivity contribution < 1.29 is 0 Å². The fourth-order valence-corrected chi connectivity index (χ4v) is 1.96. The van der Waals surface area contributed by atoms with Crippen LogP contribution in [0, 0.1) is 6.92 Å². The lowest BCUT2D eigenvalue weighted by Crippen LogP contribution is -2.15. The lowest BCUT2D eigenvalue weighted by molar-refractivity contribution is 1.16. The number of H-pyrrole nitrogens is 1. The normalized spacial score (nSPS) is 10.8. The standard InChI is InChI=1S/C12H15BN/c1-4-9-7-12-10(5-8(2)14-12)6-11(9)13-3/h5-7,14H,4H2,1-3H3. The van der Waals surface area contributed by atoms with Crippen LogP contribution in [0.5, 0.6) is 0 Å². The molecule has 1 aromatic carbocycles. The van der Waals surface area contributed by atoms with Crippen LogP contribution < -0.4 is 5.46 Å². The molecule has 1 aromatic heterocycles. The summed E-state index contributed by atoms with van der Waals surface area (Å²) in [5.74, 6) is 0. The molecule has 0 saturated heterocycles. The summed E-state index contributed by atoms with van der Waals surface area (Å²) in [6, 6.07) is 6.72. The van der Waals surface area contributed by atoms with Crippen LogP contribution in [-0.2, 0) is 6.42 Å². The van der Waals surface area contributed by atoms with Gasteiger partial charge in [-0.25, -0.2) is 0 Å². The minimum atomic E-state index is 1.09. The molecule has 0 saturated carbocycles. The van der Waals surface area contributed by atoms with Crippen molar-refractivity contribution >= 4 is 23.6 Å². The van der Waals surface area contributed by atoms with Crippen LogP contribution in [0.3, 0.4) is 0 Å². The lowest BCUT2D eigenvalue weighted by atomic mass is 9.70. The summed E-state index contributed by atoms with van der Waals surface area (Å²) in [5.41, 5.74) is 5.26. The molecule has 0 fully saturated rings. The van der Waals surface area contributed by atoms with E-state index in [2.05, 4.69) is 51.1 Å². The quantitative estimate of drug-likeness (QED) is 0.690. The molecule has 0 aliphatic carbocycles. The SMILES string of the molecule is C[B]c1cc2cc(C)[nH]c2cc1CC. The zero-order chi connectivity index (χ0) is 10.1. The van der Waals surface area contributed by atoms with Gasteiger partial charge in [-0.2, -0.15) is 0 Å². The molecule has 1 N–H and O–H groups in total. The first-order chi connectivity index (χ1) is 6.74. The van der Waals surface area contributed by atoms with E-state index in [0.29, 0.717) is 0 Å². The molecular formula is C12H15BN. The van der Waals surface area contributed by atoms with E-state index >= 15 is 0 Å². The molecule has 2 rings (SSSR count). The number of hydrogen-bond donors (Lipinski definition) is 1. The van der Waals surface area contributed by atoms with Crippen molar-refractivity contribution in [1.29, 1.82) is 0 Å². The fraction of sp³-hybridized carbons (Fsp3) is 0.333. The monoisotopic (exact) mass is 184 g/mol. The molecule has 1 radical (unpaired) electrons. The van der Waals surface area contributed by atoms with E-state index in [1.165, 1.54) is 27.6 Å². The molecule has 2 aromatic rings. The number of aryl methyl sites for hydroxylation is 2. The van der Waals surface area contributed by atoms with Gasteiger partial charge in [0.2, 0.25) is 0 Å². The van der Waals surface area contributed by atoms with E-state index < -0.39 is 0 Å². The summed E-state index contributed by atoms with van der Waals surface area (Å²) in [4.78, 5) is 3.37. The molecule has 0 aliphatic rings. The van der Waals surface area contributed by atoms with Crippen LogP contribution >= 0.6 is 0 Å². The first-order valence-electron chi connectivity index (χ1n) is 5.16. The van der Waals surface area contributed by atoms with Crippen molar-refractivity contribution in [3.8, 4) is 0 Å². The lowest BCUT2D eigenvalue weighted by Gasteiger charge is -2.05. The van der Waals surface area contributed by atoms with Crippen molar-refractivity contribution in [3.63, 3.8) is 0 Å². The third kappa shape index (κ3) is 1.45. The fourth-order valence-electron chi connectivity index (χ4n) is 1.96. The van der Waals surface area contributed by atoms with Crippen LogP contribution in [-0.4, -0.2) is 12.3 Å². The Morgan fingerprint density at radius 2 is 2.07 bits per heavy atom. The minimum absolute atomic E-state index is 1.09. The highest BCUT2D eigenvalue weighted by molar-refractivity contribution is 6.53. The second kappa shape index (κ2) is 3.53. The Labute approximate surface area is 85.8 Å². The molecular weight excluding hydrogens is 169 g/mol. The highest BCUT2D eigenvalue weighted by Gasteiger charge is 2.03. The van der Waals surface area contributed by atoms with E-state index in [9.17, 15) is 0 Å². The maximum atomic E-state index is 3.37. The number of rotatable bonds is 2. The average molecular weight is 184 g/mol. The summed E-state index contributed by atoms with van der Waals surface area (Å²) < 4.78 is 0. The summed E-state index contributed by atoms with van der Waals surface area (Å²) in [5, 5.41) is 1.31. The van der Waals surface area contributed by atoms with Gasteiger partial charge in [-0.1, -0.05) is 30.8 Å². The summed E-state index contributed by atoms with van der Waals surface area (Å²) >= 11 is 0. The Kier molecular flexibility index (Phi) is 2.36. The van der Waals surface area contributed by atoms with Gasteiger partial charge in [-0.05, 0) is 30.9 Å². The Hall–Kier alpha value is -1.18. The van der Waals surface area contributed by atoms with E-state index in [-0.39, 0.29) is 0 Å². The maximum Gasteiger partial charge on any atom is 0.148 e. The van der Waals surface area contributed by atoms with Crippen molar-refractivity contribution in [1.82, 2.24) is 4.98 Å². The van der Waals surface area contributed by atoms with Gasteiger partial charge >= 0.3 is 0 Å². The second-order valence-electron chi connectivity index (χ2n) is 3.73. The number of benzene rings is 1. The molecule has 0 spiro atoms. The highest BCUT2D eigenvalue weighted by atomic mass is 14.7. The van der Waals surface area contributed by atoms with Gasteiger partial charge in [0.1, 0.15) is 7.28 Å². The predicted molar refractivity (Wildman–Crippen MR) is 63.7 cm³/mol. The van der Waals surface area contributed by atoms with Gasteiger partial charge in [-0.15, -0.1) is 0 Å². The Morgan fingerprint density at radius 3 is 2.71 bits per heavy atom. The predicted octanol–water partition coefficient (Wildman–Crippen LogP) is 2.42. The van der Waals surface area contributed by atoms with Crippen molar-refractivity contribution in [2.24, 2.45) is 0 Å². The third-order valence-electron chi connectivity index (χ3n) is 2.71. The molecule has 0 unspecified atom stereocenters. The maximum absolute atomic E-state index is 3.37. The summed E-state index contributed by atoms with van der Waals surface area (Å²) in [6.45, 7) is 6.39. The molecule has 2 heteroatoms. The van der Waals surface area contributed by atoms with Crippen LogP contribution in [0.4, 0.5) is 0 Å². The van der Waals surface area contributed by atoms with Gasteiger partial charge in [0.15, 0.2) is 0 Å². The second-order valence-corrected chi connectivity index (χ2v) is 3.73. The average Bonchev–Trinajstić information content (AvgIpc) is 2.54. The van der Waals surface area contributed by atoms with Crippen LogP contribution in [0.2, 0.25) is 6.82 Å². The largest absolute Gasteiger partial charge is 0.359 e. The van der Waals surface area contributed by atoms with E-state index in [0.717, 1.165) is 6.42 Å². The number of nitrogens with one attached hydrogen (secondary N) is 1. The van der Waals surface area contributed by atoms with Gasteiger partial charge in [0.05, 0.1) is 0 Å². The van der Waals surface area contributed by atoms with Crippen LogP contribution in [0.1, 0.15) is 18.2 Å². The molecule has 14 heavy (non-hydrogen) atoms. The molecule has 1 heterocycles. The summed E-state index contributed by atoms with van der Waals surface area (Å²) in [7, 11) is 2.18. The minimum Gasteiger partial charge on any atom is -0.359 e. The number of aromatic amines is 1. The molecule has 1 nitrogen and oxygen atoms in total. The van der Waals surface area contributed by atoms with Crippen molar-refractivity contribution in [3.05, 3.63) is 29.5 Å². The third-order valence-corrected chi connectivity index (χ3v) is 2.71. The highest BCUT2D eigenvalue weighted by Crippen LogP contribution is 2.15. The van der Waals surface area contributed by atoms with Crippen LogP contribution in [0.25, 0.3) is 10.9 Å². The van der Waals surface area contributed by atoms with E-state index in [1.54, 1.807) is 0 Å². The first-order valence-corrected chi connectivity index (χ1v) is 5.16. The topological polar surface area (TPSA) is 15.8 Å². The van der Waals surface area contributed by atoms with Gasteiger partial charge < -0.3 is 4.98 Å². The zero-order valence-corrected chi connectivity index (χ0v) is 9.02. The van der Waals surface area contributed by atoms with Crippen molar-refractivity contribution in [2.75, 3.05) is 0 Å². The van der Waals surface area contributed by atoms with Gasteiger partial charge in [0, 0.05) is 11.2 Å². The van der Waals surface area contributed by atoms with Gasteiger partial charge in [-0.3, -0.25) is 0 Å². The molecule has 0 bridgehead atoms. The molecule has 0 atom stereocenters. The van der Waals surface area contributed by atoms with Crippen molar-refractivity contribution in [2.45, 2.75) is 27.1 Å². The number of aromatic nitrogens is 1. The zero-order valence-electron chi connectivity index (χ0n) is 9.02.